The fraction of sp³-hybridized carbons (Fsp3) is 0.240. The first-order valence-electron chi connectivity index (χ1n) is 10.6. The van der Waals surface area contributed by atoms with Gasteiger partial charge in [0.15, 0.2) is 0 Å². The van der Waals surface area contributed by atoms with Crippen molar-refractivity contribution in [3.05, 3.63) is 95.1 Å². The van der Waals surface area contributed by atoms with Crippen molar-refractivity contribution in [2.24, 2.45) is 0 Å². The molecule has 4 rings (SSSR count). The lowest BCUT2D eigenvalue weighted by Crippen LogP contribution is -2.38. The molecule has 1 aliphatic heterocycles. The Labute approximate surface area is 195 Å². The Morgan fingerprint density at radius 3 is 2.47 bits per heavy atom. The minimum Gasteiger partial charge on any atom is -0.487 e. The number of nitrogens with one attached hydrogen (secondary N) is 1. The van der Waals surface area contributed by atoms with Crippen LogP contribution in [-0.2, 0) is 29.0 Å². The van der Waals surface area contributed by atoms with E-state index < -0.39 is 38.2 Å². The van der Waals surface area contributed by atoms with Gasteiger partial charge in [-0.3, -0.25) is 4.79 Å². The van der Waals surface area contributed by atoms with Crippen molar-refractivity contribution < 1.29 is 31.1 Å². The van der Waals surface area contributed by atoms with Crippen LogP contribution < -0.4 is 9.46 Å². The fourth-order valence-electron chi connectivity index (χ4n) is 3.96. The summed E-state index contributed by atoms with van der Waals surface area (Å²) in [5, 5.41) is 0. The average Bonchev–Trinajstić information content (AvgIpc) is 2.78. The number of fused-ring (bicyclic) bond motifs is 1. The summed E-state index contributed by atoms with van der Waals surface area (Å²) in [5.74, 6) is -0.320. The first-order valence-corrected chi connectivity index (χ1v) is 12.0. The molecule has 9 heteroatoms. The number of rotatable bonds is 5. The smallest absolute Gasteiger partial charge is 0.416 e. The molecule has 34 heavy (non-hydrogen) atoms. The van der Waals surface area contributed by atoms with Crippen LogP contribution in [0, 0.1) is 0 Å². The molecule has 1 aliphatic rings. The van der Waals surface area contributed by atoms with Crippen molar-refractivity contribution in [1.29, 1.82) is 0 Å². The number of benzene rings is 3. The van der Waals surface area contributed by atoms with E-state index in [1.807, 2.05) is 42.0 Å². The van der Waals surface area contributed by atoms with Crippen LogP contribution in [0.15, 0.2) is 77.7 Å². The van der Waals surface area contributed by atoms with E-state index in [-0.39, 0.29) is 5.56 Å². The van der Waals surface area contributed by atoms with E-state index in [0.29, 0.717) is 31.1 Å². The third kappa shape index (κ3) is 5.25. The molecule has 0 saturated carbocycles. The molecule has 3 aromatic carbocycles. The predicted molar refractivity (Wildman–Crippen MR) is 120 cm³/mol. The van der Waals surface area contributed by atoms with Crippen molar-refractivity contribution in [3.8, 4) is 5.75 Å². The van der Waals surface area contributed by atoms with Gasteiger partial charge in [-0.25, -0.2) is 13.1 Å². The molecule has 0 fully saturated rings. The highest BCUT2D eigenvalue weighted by atomic mass is 32.2. The summed E-state index contributed by atoms with van der Waals surface area (Å²) in [6, 6.07) is 17.8. The summed E-state index contributed by atoms with van der Waals surface area (Å²) in [5.41, 5.74) is 0.432. The number of sulfonamides is 1. The third-order valence-electron chi connectivity index (χ3n) is 5.72. The Morgan fingerprint density at radius 2 is 1.76 bits per heavy atom. The fourth-order valence-corrected chi connectivity index (χ4v) is 4.98. The van der Waals surface area contributed by atoms with Gasteiger partial charge in [0.2, 0.25) is 0 Å². The minimum absolute atomic E-state index is 0.0737. The van der Waals surface area contributed by atoms with Crippen LogP contribution in [0.1, 0.15) is 40.4 Å². The van der Waals surface area contributed by atoms with Gasteiger partial charge in [-0.05, 0) is 67.3 Å². The number of carbonyl (C=O) groups is 1. The quantitative estimate of drug-likeness (QED) is 0.538. The number of halogens is 3. The summed E-state index contributed by atoms with van der Waals surface area (Å²) in [4.78, 5) is 12.0. The molecule has 0 spiro atoms. The number of carbonyl (C=O) groups excluding carboxylic acids is 1. The second-order valence-electron chi connectivity index (χ2n) is 8.50. The average molecular weight is 490 g/mol. The Kier molecular flexibility index (Phi) is 6.16. The molecule has 178 valence electrons. The summed E-state index contributed by atoms with van der Waals surface area (Å²) < 4.78 is 71.9. The van der Waals surface area contributed by atoms with Crippen LogP contribution in [0.4, 0.5) is 13.2 Å². The van der Waals surface area contributed by atoms with Gasteiger partial charge < -0.3 is 4.74 Å². The molecule has 1 N–H and O–H groups in total. The van der Waals surface area contributed by atoms with Crippen LogP contribution in [0.5, 0.6) is 5.75 Å². The lowest BCUT2D eigenvalue weighted by Gasteiger charge is -2.36. The van der Waals surface area contributed by atoms with E-state index in [9.17, 15) is 26.4 Å². The number of aryl methyl sites for hydroxylation is 1. The summed E-state index contributed by atoms with van der Waals surface area (Å²) in [6.07, 6.45) is -2.67. The highest BCUT2D eigenvalue weighted by molar-refractivity contribution is 7.90. The van der Waals surface area contributed by atoms with Crippen molar-refractivity contribution >= 4 is 15.9 Å². The summed E-state index contributed by atoms with van der Waals surface area (Å²) in [7, 11) is -4.50. The normalized spacial score (nSPS) is 18.0. The first kappa shape index (κ1) is 23.8. The van der Waals surface area contributed by atoms with Crippen molar-refractivity contribution in [2.75, 3.05) is 0 Å². The number of hydrogen-bond donors (Lipinski definition) is 1. The first-order chi connectivity index (χ1) is 16.0. The van der Waals surface area contributed by atoms with Gasteiger partial charge in [0, 0.05) is 12.0 Å². The van der Waals surface area contributed by atoms with Crippen LogP contribution in [0.3, 0.4) is 0 Å². The second-order valence-corrected chi connectivity index (χ2v) is 10.2. The van der Waals surface area contributed by atoms with Crippen LogP contribution in [0.2, 0.25) is 0 Å². The maximum Gasteiger partial charge on any atom is 0.416 e. The zero-order valence-corrected chi connectivity index (χ0v) is 19.0. The van der Waals surface area contributed by atoms with Crippen molar-refractivity contribution in [3.63, 3.8) is 0 Å². The molecular weight excluding hydrogens is 467 g/mol. The highest BCUT2D eigenvalue weighted by Crippen LogP contribution is 2.36. The summed E-state index contributed by atoms with van der Waals surface area (Å²) >= 11 is 0. The SMILES string of the molecule is C[C@]1(Cc2ccccc2)CCc2cc(C(=O)NS(=O)(=O)c3cccc(C(F)(F)F)c3)ccc2O1. The van der Waals surface area contributed by atoms with Gasteiger partial charge in [0.05, 0.1) is 10.5 Å². The predicted octanol–water partition coefficient (Wildman–Crippen LogP) is 5.15. The Morgan fingerprint density at radius 1 is 1.03 bits per heavy atom. The van der Waals surface area contributed by atoms with Crippen LogP contribution in [0.25, 0.3) is 0 Å². The van der Waals surface area contributed by atoms with Crippen LogP contribution in [-0.4, -0.2) is 19.9 Å². The van der Waals surface area contributed by atoms with Gasteiger partial charge >= 0.3 is 6.18 Å². The minimum atomic E-state index is -4.71. The molecule has 1 heterocycles. The molecular formula is C25H22F3NO4S. The summed E-state index contributed by atoms with van der Waals surface area (Å²) in [6.45, 7) is 2.02. The Balaban J connectivity index is 1.50. The number of alkyl halides is 3. The molecule has 0 aliphatic carbocycles. The maximum atomic E-state index is 12.9. The lowest BCUT2D eigenvalue weighted by atomic mass is 9.87. The van der Waals surface area contributed by atoms with E-state index in [1.54, 1.807) is 12.1 Å². The Hall–Kier alpha value is -3.33. The van der Waals surface area contributed by atoms with Crippen LogP contribution >= 0.6 is 0 Å². The zero-order chi connectivity index (χ0) is 24.6. The van der Waals surface area contributed by atoms with Crippen molar-refractivity contribution in [1.82, 2.24) is 4.72 Å². The molecule has 0 unspecified atom stereocenters. The largest absolute Gasteiger partial charge is 0.487 e. The zero-order valence-electron chi connectivity index (χ0n) is 18.2. The number of ether oxygens (including phenoxy) is 1. The monoisotopic (exact) mass is 489 g/mol. The molecule has 1 amide bonds. The molecule has 0 aromatic heterocycles. The highest BCUT2D eigenvalue weighted by Gasteiger charge is 2.33. The maximum absolute atomic E-state index is 12.9. The second kappa shape index (κ2) is 8.79. The van der Waals surface area contributed by atoms with Gasteiger partial charge in [0.1, 0.15) is 11.4 Å². The molecule has 0 saturated heterocycles. The lowest BCUT2D eigenvalue weighted by molar-refractivity contribution is -0.137. The van der Waals surface area contributed by atoms with Gasteiger partial charge in [-0.2, -0.15) is 13.2 Å². The van der Waals surface area contributed by atoms with Gasteiger partial charge in [0.25, 0.3) is 15.9 Å². The Bertz CT molecular complexity index is 1320. The van der Waals surface area contributed by atoms with E-state index >= 15 is 0 Å². The molecule has 3 aromatic rings. The molecule has 5 nitrogen and oxygen atoms in total. The topological polar surface area (TPSA) is 72.5 Å². The van der Waals surface area contributed by atoms with Gasteiger partial charge in [-0.15, -0.1) is 0 Å². The van der Waals surface area contributed by atoms with E-state index in [4.69, 9.17) is 4.74 Å². The van der Waals surface area contributed by atoms with E-state index in [0.717, 1.165) is 29.3 Å². The third-order valence-corrected chi connectivity index (χ3v) is 7.05. The number of amides is 1. The molecule has 0 radical (unpaired) electrons. The van der Waals surface area contributed by atoms with E-state index in [2.05, 4.69) is 0 Å². The molecule has 0 bridgehead atoms. The standard InChI is InChI=1S/C25H22F3NO4S/c1-24(16-17-6-3-2-4-7-17)13-12-18-14-19(10-11-22(18)33-24)23(30)29-34(31,32)21-9-5-8-20(15-21)25(26,27)28/h2-11,14-15H,12-13,16H2,1H3,(H,29,30)/t24-/m1/s1. The van der Waals surface area contributed by atoms with Gasteiger partial charge in [-0.1, -0.05) is 36.4 Å². The van der Waals surface area contributed by atoms with Crippen molar-refractivity contribution in [2.45, 2.75) is 42.9 Å². The number of hydrogen-bond acceptors (Lipinski definition) is 4. The van der Waals surface area contributed by atoms with E-state index in [1.165, 1.54) is 6.07 Å². The molecule has 1 atom stereocenters.